The second-order valence-electron chi connectivity index (χ2n) is 7.33. The van der Waals surface area contributed by atoms with Crippen molar-refractivity contribution in [1.82, 2.24) is 18.9 Å². The van der Waals surface area contributed by atoms with Crippen molar-refractivity contribution in [1.29, 1.82) is 0 Å². The zero-order chi connectivity index (χ0) is 22.2. The number of halogens is 1. The largest absolute Gasteiger partial charge is 0.467 e. The molecular formula is C23H17ClN4O3S. The van der Waals surface area contributed by atoms with E-state index in [0.717, 1.165) is 5.56 Å². The van der Waals surface area contributed by atoms with Crippen molar-refractivity contribution in [3.63, 3.8) is 0 Å². The molecule has 1 aromatic carbocycles. The summed E-state index contributed by atoms with van der Waals surface area (Å²) in [4.78, 5) is 35.0. The smallest absolute Gasteiger partial charge is 0.262 e. The van der Waals surface area contributed by atoms with Crippen LogP contribution in [-0.2, 0) is 12.3 Å². The van der Waals surface area contributed by atoms with Crippen molar-refractivity contribution >= 4 is 39.9 Å². The molecule has 0 saturated carbocycles. The predicted octanol–water partition coefficient (Wildman–Crippen LogP) is 4.30. The number of fused-ring (bicyclic) bond motifs is 2. The second-order valence-corrected chi connectivity index (χ2v) is 8.71. The molecule has 0 spiro atoms. The normalized spacial score (nSPS) is 11.4. The molecule has 7 nitrogen and oxygen atoms in total. The van der Waals surface area contributed by atoms with Crippen molar-refractivity contribution < 1.29 is 4.42 Å². The Morgan fingerprint density at radius 3 is 2.78 bits per heavy atom. The fourth-order valence-corrected chi connectivity index (χ4v) is 4.51. The Morgan fingerprint density at radius 2 is 1.97 bits per heavy atom. The third-order valence-electron chi connectivity index (χ3n) is 5.00. The Balaban J connectivity index is 1.56. The highest BCUT2D eigenvalue weighted by Crippen LogP contribution is 2.24. The molecule has 32 heavy (non-hydrogen) atoms. The van der Waals surface area contributed by atoms with Gasteiger partial charge in [0.1, 0.15) is 11.4 Å². The van der Waals surface area contributed by atoms with E-state index in [1.807, 2.05) is 19.1 Å². The molecule has 0 saturated heterocycles. The van der Waals surface area contributed by atoms with Crippen molar-refractivity contribution in [2.45, 2.75) is 24.4 Å². The van der Waals surface area contributed by atoms with Crippen LogP contribution in [0.2, 0.25) is 5.02 Å². The van der Waals surface area contributed by atoms with E-state index in [9.17, 15) is 9.59 Å². The molecule has 0 unspecified atom stereocenters. The van der Waals surface area contributed by atoms with Crippen LogP contribution in [0, 0.1) is 6.92 Å². The lowest BCUT2D eigenvalue weighted by Crippen LogP contribution is -2.24. The number of rotatable bonds is 5. The van der Waals surface area contributed by atoms with Gasteiger partial charge in [0.25, 0.3) is 11.1 Å². The molecule has 0 aliphatic heterocycles. The molecule has 5 rings (SSSR count). The second kappa shape index (κ2) is 8.29. The highest BCUT2D eigenvalue weighted by molar-refractivity contribution is 7.98. The topological polar surface area (TPSA) is 82.4 Å². The van der Waals surface area contributed by atoms with E-state index in [1.165, 1.54) is 22.2 Å². The first kappa shape index (κ1) is 20.5. The van der Waals surface area contributed by atoms with E-state index in [2.05, 4.69) is 9.97 Å². The Labute approximate surface area is 191 Å². The van der Waals surface area contributed by atoms with Gasteiger partial charge in [-0.3, -0.25) is 18.6 Å². The van der Waals surface area contributed by atoms with Crippen LogP contribution >= 0.6 is 23.4 Å². The van der Waals surface area contributed by atoms with Gasteiger partial charge in [0, 0.05) is 23.0 Å². The monoisotopic (exact) mass is 464 g/mol. The fourth-order valence-electron chi connectivity index (χ4n) is 3.45. The first-order valence-electron chi connectivity index (χ1n) is 9.82. The lowest BCUT2D eigenvalue weighted by molar-refractivity contribution is 0.476. The lowest BCUT2D eigenvalue weighted by Gasteiger charge is -2.12. The van der Waals surface area contributed by atoms with Gasteiger partial charge in [0.2, 0.25) is 0 Å². The summed E-state index contributed by atoms with van der Waals surface area (Å²) in [6.45, 7) is 2.19. The number of furan rings is 1. The minimum absolute atomic E-state index is 0.156. The summed E-state index contributed by atoms with van der Waals surface area (Å²) in [6, 6.07) is 13.8. The molecule has 0 N–H and O–H groups in total. The van der Waals surface area contributed by atoms with Gasteiger partial charge in [-0.15, -0.1) is 0 Å². The van der Waals surface area contributed by atoms with Gasteiger partial charge in [-0.05, 0) is 55.0 Å². The molecule has 0 amide bonds. The summed E-state index contributed by atoms with van der Waals surface area (Å²) in [5.41, 5.74) is 2.38. The van der Waals surface area contributed by atoms with E-state index in [4.69, 9.17) is 16.0 Å². The molecule has 0 radical (unpaired) electrons. The van der Waals surface area contributed by atoms with Crippen LogP contribution in [0.4, 0.5) is 0 Å². The van der Waals surface area contributed by atoms with E-state index < -0.39 is 0 Å². The molecule has 5 aromatic rings. The lowest BCUT2D eigenvalue weighted by atomic mass is 10.2. The number of aryl methyl sites for hydroxylation is 1. The Hall–Kier alpha value is -3.36. The number of hydrogen-bond donors (Lipinski definition) is 0. The van der Waals surface area contributed by atoms with Crippen molar-refractivity contribution in [3.05, 3.63) is 104 Å². The molecule has 4 aromatic heterocycles. The van der Waals surface area contributed by atoms with Crippen LogP contribution in [0.1, 0.15) is 17.0 Å². The third kappa shape index (κ3) is 3.94. The number of benzene rings is 1. The third-order valence-corrected chi connectivity index (χ3v) is 6.25. The van der Waals surface area contributed by atoms with E-state index >= 15 is 0 Å². The average molecular weight is 465 g/mol. The highest BCUT2D eigenvalue weighted by Gasteiger charge is 2.14. The van der Waals surface area contributed by atoms with Gasteiger partial charge in [-0.2, -0.15) is 0 Å². The Kier molecular flexibility index (Phi) is 5.32. The number of nitrogens with zero attached hydrogens (tertiary/aromatic N) is 4. The fraction of sp³-hybridized carbons (Fsp3) is 0.130. The number of thioether (sulfide) groups is 1. The maximum Gasteiger partial charge on any atom is 0.262 e. The van der Waals surface area contributed by atoms with E-state index in [1.54, 1.807) is 47.4 Å². The van der Waals surface area contributed by atoms with Gasteiger partial charge in [-0.1, -0.05) is 23.4 Å². The summed E-state index contributed by atoms with van der Waals surface area (Å²) >= 11 is 7.45. The van der Waals surface area contributed by atoms with Gasteiger partial charge in [-0.25, -0.2) is 9.97 Å². The van der Waals surface area contributed by atoms with Gasteiger partial charge in [0.05, 0.1) is 29.4 Å². The van der Waals surface area contributed by atoms with E-state index in [-0.39, 0.29) is 17.7 Å². The molecule has 0 aliphatic rings. The molecule has 0 atom stereocenters. The molecular weight excluding hydrogens is 448 g/mol. The van der Waals surface area contributed by atoms with E-state index in [0.29, 0.717) is 43.9 Å². The zero-order valence-corrected chi connectivity index (χ0v) is 18.6. The summed E-state index contributed by atoms with van der Waals surface area (Å²) in [5.74, 6) is 1.01. The molecule has 4 heterocycles. The number of hydrogen-bond acceptors (Lipinski definition) is 6. The minimum Gasteiger partial charge on any atom is -0.467 e. The predicted molar refractivity (Wildman–Crippen MR) is 125 cm³/mol. The standard InChI is InChI=1S/C23H17ClN4O3S/c1-14-6-7-27-20(9-14)25-16(11-21(27)29)13-32-23-26-19-10-15(24)4-5-18(19)22(30)28(23)12-17-3-2-8-31-17/h2-11H,12-13H2,1H3. The minimum atomic E-state index is -0.187. The van der Waals surface area contributed by atoms with Gasteiger partial charge in [0.15, 0.2) is 5.16 Å². The average Bonchev–Trinajstić information content (AvgIpc) is 3.27. The first-order chi connectivity index (χ1) is 15.5. The van der Waals surface area contributed by atoms with Crippen LogP contribution in [-0.4, -0.2) is 18.9 Å². The van der Waals surface area contributed by atoms with Gasteiger partial charge >= 0.3 is 0 Å². The maximum atomic E-state index is 13.2. The first-order valence-corrected chi connectivity index (χ1v) is 11.2. The summed E-state index contributed by atoms with van der Waals surface area (Å²) in [5, 5.41) is 1.47. The molecule has 9 heteroatoms. The highest BCUT2D eigenvalue weighted by atomic mass is 35.5. The molecule has 0 bridgehead atoms. The summed E-state index contributed by atoms with van der Waals surface area (Å²) in [7, 11) is 0. The summed E-state index contributed by atoms with van der Waals surface area (Å²) in [6.07, 6.45) is 3.28. The summed E-state index contributed by atoms with van der Waals surface area (Å²) < 4.78 is 8.51. The van der Waals surface area contributed by atoms with Crippen LogP contribution in [0.5, 0.6) is 0 Å². The molecule has 160 valence electrons. The van der Waals surface area contributed by atoms with Gasteiger partial charge < -0.3 is 4.42 Å². The van der Waals surface area contributed by atoms with Crippen molar-refractivity contribution in [3.8, 4) is 0 Å². The maximum absolute atomic E-state index is 13.2. The molecule has 0 fully saturated rings. The van der Waals surface area contributed by atoms with Crippen molar-refractivity contribution in [2.24, 2.45) is 0 Å². The van der Waals surface area contributed by atoms with Crippen LogP contribution in [0.25, 0.3) is 16.6 Å². The number of aromatic nitrogens is 4. The Morgan fingerprint density at radius 1 is 1.09 bits per heavy atom. The van der Waals surface area contributed by atoms with Crippen LogP contribution in [0.15, 0.2) is 80.2 Å². The zero-order valence-electron chi connectivity index (χ0n) is 17.0. The Bertz CT molecular complexity index is 1570. The van der Waals surface area contributed by atoms with Crippen molar-refractivity contribution in [2.75, 3.05) is 0 Å². The molecule has 0 aliphatic carbocycles. The van der Waals surface area contributed by atoms with Crippen LogP contribution in [0.3, 0.4) is 0 Å². The quantitative estimate of drug-likeness (QED) is 0.285. The number of pyridine rings is 1. The van der Waals surface area contributed by atoms with Crippen LogP contribution < -0.4 is 11.1 Å². The SMILES string of the molecule is Cc1ccn2c(=O)cc(CSc3nc4cc(Cl)ccc4c(=O)n3Cc3ccco3)nc2c1.